The summed E-state index contributed by atoms with van der Waals surface area (Å²) in [5.41, 5.74) is 1.89. The fourth-order valence-electron chi connectivity index (χ4n) is 3.04. The third-order valence-corrected chi connectivity index (χ3v) is 6.38. The molecule has 0 aliphatic carbocycles. The Bertz CT molecular complexity index is 1180. The van der Waals surface area contributed by atoms with Crippen LogP contribution in [0.25, 0.3) is 20.7 Å². The van der Waals surface area contributed by atoms with E-state index < -0.39 is 0 Å². The van der Waals surface area contributed by atoms with Crippen LogP contribution in [0.4, 0.5) is 0 Å². The van der Waals surface area contributed by atoms with Gasteiger partial charge in [-0.2, -0.15) is 0 Å². The standard InChI is InChI=1S/C21H19N3O2S2/c1-14-7-8-17(28-14)16-12-27-20-19(16)21(26)24(13-23-20)11-18(25)22-10-9-15-5-3-2-4-6-15/h2-8,12-13H,9-11H2,1H3,(H,22,25). The Hall–Kier alpha value is -2.77. The Balaban J connectivity index is 1.50. The van der Waals surface area contributed by atoms with E-state index in [-0.39, 0.29) is 18.0 Å². The number of benzene rings is 1. The smallest absolute Gasteiger partial charge is 0.263 e. The molecule has 0 bridgehead atoms. The zero-order valence-corrected chi connectivity index (χ0v) is 17.0. The highest BCUT2D eigenvalue weighted by Crippen LogP contribution is 2.34. The number of nitrogens with one attached hydrogen (secondary N) is 1. The Labute approximate surface area is 170 Å². The second-order valence-electron chi connectivity index (χ2n) is 6.50. The summed E-state index contributed by atoms with van der Waals surface area (Å²) in [5, 5.41) is 5.43. The fraction of sp³-hybridized carbons (Fsp3) is 0.190. The third kappa shape index (κ3) is 3.90. The van der Waals surface area contributed by atoms with Crippen molar-refractivity contribution >= 4 is 38.8 Å². The zero-order chi connectivity index (χ0) is 19.5. The molecular weight excluding hydrogens is 390 g/mol. The first-order valence-corrected chi connectivity index (χ1v) is 10.7. The molecular formula is C21H19N3O2S2. The molecule has 142 valence electrons. The number of fused-ring (bicyclic) bond motifs is 1. The summed E-state index contributed by atoms with van der Waals surface area (Å²) in [6.45, 7) is 2.54. The molecule has 1 amide bonds. The number of carbonyl (C=O) groups excluding carboxylic acids is 1. The van der Waals surface area contributed by atoms with Crippen molar-refractivity contribution < 1.29 is 4.79 Å². The van der Waals surface area contributed by atoms with E-state index in [1.165, 1.54) is 27.1 Å². The van der Waals surface area contributed by atoms with Crippen LogP contribution >= 0.6 is 22.7 Å². The van der Waals surface area contributed by atoms with Gasteiger partial charge in [0.2, 0.25) is 5.91 Å². The first-order valence-electron chi connectivity index (χ1n) is 8.96. The first kappa shape index (κ1) is 18.6. The van der Waals surface area contributed by atoms with Crippen LogP contribution in [0, 0.1) is 6.92 Å². The summed E-state index contributed by atoms with van der Waals surface area (Å²) in [7, 11) is 0. The molecule has 0 unspecified atom stereocenters. The third-order valence-electron chi connectivity index (χ3n) is 4.46. The Kier molecular flexibility index (Phi) is 5.36. The van der Waals surface area contributed by atoms with Crippen LogP contribution in [0.5, 0.6) is 0 Å². The number of carbonyl (C=O) groups is 1. The van der Waals surface area contributed by atoms with Crippen LogP contribution < -0.4 is 10.9 Å². The van der Waals surface area contributed by atoms with Gasteiger partial charge in [-0.25, -0.2) is 4.98 Å². The van der Waals surface area contributed by atoms with E-state index in [2.05, 4.69) is 10.3 Å². The second-order valence-corrected chi connectivity index (χ2v) is 8.65. The number of amides is 1. The molecule has 0 spiro atoms. The summed E-state index contributed by atoms with van der Waals surface area (Å²) in [6.07, 6.45) is 2.21. The maximum absolute atomic E-state index is 13.0. The van der Waals surface area contributed by atoms with Gasteiger partial charge in [-0.15, -0.1) is 22.7 Å². The average Bonchev–Trinajstić information content (AvgIpc) is 3.31. The van der Waals surface area contributed by atoms with E-state index in [4.69, 9.17) is 0 Å². The largest absolute Gasteiger partial charge is 0.354 e. The molecule has 0 aliphatic rings. The maximum atomic E-state index is 13.0. The van der Waals surface area contributed by atoms with Crippen LogP contribution in [-0.4, -0.2) is 22.0 Å². The second kappa shape index (κ2) is 8.08. The van der Waals surface area contributed by atoms with Crippen molar-refractivity contribution in [2.24, 2.45) is 0 Å². The molecule has 5 nitrogen and oxygen atoms in total. The Morgan fingerprint density at radius 2 is 2.00 bits per heavy atom. The van der Waals surface area contributed by atoms with E-state index >= 15 is 0 Å². The van der Waals surface area contributed by atoms with Gasteiger partial charge in [0.1, 0.15) is 11.4 Å². The Morgan fingerprint density at radius 1 is 1.18 bits per heavy atom. The number of aromatic nitrogens is 2. The molecule has 28 heavy (non-hydrogen) atoms. The Morgan fingerprint density at radius 3 is 2.75 bits per heavy atom. The molecule has 4 rings (SSSR count). The summed E-state index contributed by atoms with van der Waals surface area (Å²) >= 11 is 3.10. The highest BCUT2D eigenvalue weighted by atomic mass is 32.1. The number of hydrogen-bond donors (Lipinski definition) is 1. The fourth-order valence-corrected chi connectivity index (χ4v) is 4.90. The monoisotopic (exact) mass is 409 g/mol. The topological polar surface area (TPSA) is 64.0 Å². The lowest BCUT2D eigenvalue weighted by atomic mass is 10.1. The number of thiophene rings is 2. The first-order chi connectivity index (χ1) is 13.6. The molecule has 1 aromatic carbocycles. The SMILES string of the molecule is Cc1ccc(-c2csc3ncn(CC(=O)NCCc4ccccc4)c(=O)c23)s1. The highest BCUT2D eigenvalue weighted by Gasteiger charge is 2.15. The van der Waals surface area contributed by atoms with Crippen molar-refractivity contribution in [3.8, 4) is 10.4 Å². The van der Waals surface area contributed by atoms with E-state index in [1.807, 2.05) is 54.8 Å². The minimum atomic E-state index is -0.192. The summed E-state index contributed by atoms with van der Waals surface area (Å²) in [6, 6.07) is 14.0. The summed E-state index contributed by atoms with van der Waals surface area (Å²) < 4.78 is 1.39. The summed E-state index contributed by atoms with van der Waals surface area (Å²) in [4.78, 5) is 32.6. The van der Waals surface area contributed by atoms with Crippen molar-refractivity contribution in [3.63, 3.8) is 0 Å². The predicted molar refractivity (Wildman–Crippen MR) is 115 cm³/mol. The highest BCUT2D eigenvalue weighted by molar-refractivity contribution is 7.19. The lowest BCUT2D eigenvalue weighted by Crippen LogP contribution is -2.33. The predicted octanol–water partition coefficient (Wildman–Crippen LogP) is 3.85. The molecule has 0 aliphatic heterocycles. The van der Waals surface area contributed by atoms with Crippen molar-refractivity contribution in [3.05, 3.63) is 75.0 Å². The van der Waals surface area contributed by atoms with Gasteiger partial charge in [-0.1, -0.05) is 30.3 Å². The quantitative estimate of drug-likeness (QED) is 0.526. The van der Waals surface area contributed by atoms with Crippen molar-refractivity contribution in [1.29, 1.82) is 0 Å². The van der Waals surface area contributed by atoms with E-state index in [1.54, 1.807) is 11.3 Å². The van der Waals surface area contributed by atoms with Crippen LogP contribution in [0.15, 0.2) is 59.0 Å². The van der Waals surface area contributed by atoms with E-state index in [0.29, 0.717) is 16.8 Å². The lowest BCUT2D eigenvalue weighted by molar-refractivity contribution is -0.121. The minimum absolute atomic E-state index is 0.0324. The molecule has 7 heteroatoms. The molecule has 0 saturated heterocycles. The van der Waals surface area contributed by atoms with Gasteiger partial charge in [0, 0.05) is 27.2 Å². The maximum Gasteiger partial charge on any atom is 0.263 e. The van der Waals surface area contributed by atoms with Crippen LogP contribution in [0.2, 0.25) is 0 Å². The van der Waals surface area contributed by atoms with Crippen LogP contribution in [-0.2, 0) is 17.8 Å². The van der Waals surface area contributed by atoms with Gasteiger partial charge < -0.3 is 5.32 Å². The molecule has 0 saturated carbocycles. The average molecular weight is 410 g/mol. The van der Waals surface area contributed by atoms with E-state index in [9.17, 15) is 9.59 Å². The van der Waals surface area contributed by atoms with Crippen molar-refractivity contribution in [1.82, 2.24) is 14.9 Å². The van der Waals surface area contributed by atoms with Gasteiger partial charge in [-0.05, 0) is 31.0 Å². The van der Waals surface area contributed by atoms with Crippen molar-refractivity contribution in [2.75, 3.05) is 6.54 Å². The molecule has 3 heterocycles. The molecule has 3 aromatic heterocycles. The zero-order valence-electron chi connectivity index (χ0n) is 15.3. The molecule has 0 atom stereocenters. The normalized spacial score (nSPS) is 11.0. The number of aryl methyl sites for hydroxylation is 1. The van der Waals surface area contributed by atoms with Gasteiger partial charge in [0.05, 0.1) is 11.7 Å². The molecule has 0 radical (unpaired) electrons. The van der Waals surface area contributed by atoms with Gasteiger partial charge in [0.15, 0.2) is 0 Å². The number of rotatable bonds is 6. The number of nitrogens with zero attached hydrogens (tertiary/aromatic N) is 2. The van der Waals surface area contributed by atoms with Gasteiger partial charge >= 0.3 is 0 Å². The molecule has 4 aromatic rings. The van der Waals surface area contributed by atoms with Crippen LogP contribution in [0.3, 0.4) is 0 Å². The molecule has 0 fully saturated rings. The number of hydrogen-bond acceptors (Lipinski definition) is 5. The summed E-state index contributed by atoms with van der Waals surface area (Å²) in [5.74, 6) is -0.192. The minimum Gasteiger partial charge on any atom is -0.354 e. The van der Waals surface area contributed by atoms with Crippen molar-refractivity contribution in [2.45, 2.75) is 19.9 Å². The van der Waals surface area contributed by atoms with Gasteiger partial charge in [-0.3, -0.25) is 14.2 Å². The van der Waals surface area contributed by atoms with E-state index in [0.717, 1.165) is 22.4 Å². The lowest BCUT2D eigenvalue weighted by Gasteiger charge is -2.08. The van der Waals surface area contributed by atoms with Gasteiger partial charge in [0.25, 0.3) is 5.56 Å². The van der Waals surface area contributed by atoms with Crippen LogP contribution in [0.1, 0.15) is 10.4 Å². The molecule has 1 N–H and O–H groups in total.